The van der Waals surface area contributed by atoms with Crippen molar-refractivity contribution in [2.45, 2.75) is 6.42 Å². The first-order chi connectivity index (χ1) is 7.77. The molecule has 0 bridgehead atoms. The normalized spacial score (nSPS) is 9.88. The van der Waals surface area contributed by atoms with Crippen LogP contribution in [0.1, 0.15) is 16.8 Å². The Bertz CT molecular complexity index is 322. The molecule has 0 heterocycles. The highest BCUT2D eigenvalue weighted by Gasteiger charge is 2.06. The third kappa shape index (κ3) is 3.90. The van der Waals surface area contributed by atoms with E-state index >= 15 is 0 Å². The molecule has 0 aliphatic rings. The number of hydrogen-bond acceptors (Lipinski definition) is 4. The van der Waals surface area contributed by atoms with Gasteiger partial charge in [-0.3, -0.25) is 0 Å². The lowest BCUT2D eigenvalue weighted by molar-refractivity contribution is 0.0501. The monoisotopic (exact) mass is 223 g/mol. The van der Waals surface area contributed by atoms with Gasteiger partial charge in [-0.2, -0.15) is 0 Å². The van der Waals surface area contributed by atoms with E-state index in [0.29, 0.717) is 12.2 Å². The molecule has 0 saturated heterocycles. The molecule has 0 aromatic heterocycles. The van der Waals surface area contributed by atoms with Gasteiger partial charge >= 0.3 is 5.97 Å². The molecule has 1 aromatic rings. The quantitative estimate of drug-likeness (QED) is 0.586. The first-order valence-electron chi connectivity index (χ1n) is 5.23. The third-order valence-electron chi connectivity index (χ3n) is 2.13. The van der Waals surface area contributed by atoms with Crippen molar-refractivity contribution >= 4 is 5.97 Å². The van der Waals surface area contributed by atoms with Gasteiger partial charge in [-0.05, 0) is 44.3 Å². The molecular weight excluding hydrogens is 206 g/mol. The fraction of sp³-hybridized carbons (Fsp3) is 0.417. The summed E-state index contributed by atoms with van der Waals surface area (Å²) in [6.07, 6.45) is 0.818. The Morgan fingerprint density at radius 2 is 2.00 bits per heavy atom. The zero-order valence-electron chi connectivity index (χ0n) is 9.66. The zero-order valence-corrected chi connectivity index (χ0v) is 9.66. The zero-order chi connectivity index (χ0) is 11.8. The van der Waals surface area contributed by atoms with Crippen LogP contribution in [-0.4, -0.2) is 33.3 Å². The summed E-state index contributed by atoms with van der Waals surface area (Å²) in [6, 6.07) is 6.87. The van der Waals surface area contributed by atoms with Gasteiger partial charge in [-0.15, -0.1) is 0 Å². The summed E-state index contributed by atoms with van der Waals surface area (Å²) in [7, 11) is 3.45. The van der Waals surface area contributed by atoms with Crippen LogP contribution < -0.4 is 10.1 Å². The Kier molecular flexibility index (Phi) is 5.36. The molecule has 0 fully saturated rings. The molecule has 1 N–H and O–H groups in total. The van der Waals surface area contributed by atoms with Crippen LogP contribution in [-0.2, 0) is 4.74 Å². The fourth-order valence-corrected chi connectivity index (χ4v) is 1.22. The largest absolute Gasteiger partial charge is 0.497 e. The van der Waals surface area contributed by atoms with Crippen molar-refractivity contribution in [1.29, 1.82) is 0 Å². The van der Waals surface area contributed by atoms with Crippen molar-refractivity contribution in [3.8, 4) is 5.75 Å². The molecule has 16 heavy (non-hydrogen) atoms. The van der Waals surface area contributed by atoms with Crippen LogP contribution in [0.4, 0.5) is 0 Å². The maximum absolute atomic E-state index is 11.5. The summed E-state index contributed by atoms with van der Waals surface area (Å²) in [5.74, 6) is 0.436. The van der Waals surface area contributed by atoms with Gasteiger partial charge in [0.05, 0.1) is 19.3 Å². The van der Waals surface area contributed by atoms with Crippen LogP contribution >= 0.6 is 0 Å². The van der Waals surface area contributed by atoms with E-state index in [1.165, 1.54) is 0 Å². The summed E-state index contributed by atoms with van der Waals surface area (Å²) < 4.78 is 10.1. The van der Waals surface area contributed by atoms with Gasteiger partial charge in [0.15, 0.2) is 0 Å². The lowest BCUT2D eigenvalue weighted by Gasteiger charge is -2.05. The van der Waals surface area contributed by atoms with E-state index in [-0.39, 0.29) is 5.97 Å². The maximum Gasteiger partial charge on any atom is 0.338 e. The Morgan fingerprint density at radius 3 is 2.56 bits per heavy atom. The molecule has 1 rings (SSSR count). The van der Waals surface area contributed by atoms with Crippen LogP contribution in [0.25, 0.3) is 0 Å². The van der Waals surface area contributed by atoms with E-state index in [0.717, 1.165) is 18.7 Å². The highest BCUT2D eigenvalue weighted by atomic mass is 16.5. The minimum Gasteiger partial charge on any atom is -0.497 e. The molecule has 4 heteroatoms. The summed E-state index contributed by atoms with van der Waals surface area (Å²) in [4.78, 5) is 11.5. The second kappa shape index (κ2) is 6.85. The van der Waals surface area contributed by atoms with E-state index < -0.39 is 0 Å². The Labute approximate surface area is 95.6 Å². The molecule has 0 unspecified atom stereocenters. The van der Waals surface area contributed by atoms with Crippen LogP contribution in [0.3, 0.4) is 0 Å². The molecule has 88 valence electrons. The maximum atomic E-state index is 11.5. The van der Waals surface area contributed by atoms with Crippen LogP contribution in [0.15, 0.2) is 24.3 Å². The van der Waals surface area contributed by atoms with Gasteiger partial charge in [-0.1, -0.05) is 0 Å². The average molecular weight is 223 g/mol. The highest BCUT2D eigenvalue weighted by molar-refractivity contribution is 5.89. The van der Waals surface area contributed by atoms with E-state index in [4.69, 9.17) is 9.47 Å². The van der Waals surface area contributed by atoms with Gasteiger partial charge in [-0.25, -0.2) is 4.79 Å². The lowest BCUT2D eigenvalue weighted by atomic mass is 10.2. The summed E-state index contributed by atoms with van der Waals surface area (Å²) in [5, 5.41) is 2.99. The number of benzene rings is 1. The molecular formula is C12H17NO3. The predicted molar refractivity (Wildman–Crippen MR) is 61.8 cm³/mol. The van der Waals surface area contributed by atoms with Crippen molar-refractivity contribution in [2.75, 3.05) is 27.3 Å². The number of ether oxygens (including phenoxy) is 2. The van der Waals surface area contributed by atoms with Crippen molar-refractivity contribution in [2.24, 2.45) is 0 Å². The van der Waals surface area contributed by atoms with Gasteiger partial charge in [0.2, 0.25) is 0 Å². The lowest BCUT2D eigenvalue weighted by Crippen LogP contribution is -2.13. The predicted octanol–water partition coefficient (Wildman–Crippen LogP) is 1.46. The molecule has 0 radical (unpaired) electrons. The molecule has 1 aromatic carbocycles. The molecule has 0 atom stereocenters. The van der Waals surface area contributed by atoms with Crippen LogP contribution in [0.2, 0.25) is 0 Å². The van der Waals surface area contributed by atoms with E-state index in [1.807, 2.05) is 7.05 Å². The van der Waals surface area contributed by atoms with Crippen LogP contribution in [0, 0.1) is 0 Å². The van der Waals surface area contributed by atoms with Gasteiger partial charge in [0, 0.05) is 0 Å². The van der Waals surface area contributed by atoms with Gasteiger partial charge in [0.1, 0.15) is 5.75 Å². The molecule has 0 aliphatic carbocycles. The summed E-state index contributed by atoms with van der Waals surface area (Å²) >= 11 is 0. The third-order valence-corrected chi connectivity index (χ3v) is 2.13. The second-order valence-corrected chi connectivity index (χ2v) is 3.32. The summed E-state index contributed by atoms with van der Waals surface area (Å²) in [6.45, 7) is 1.28. The molecule has 4 nitrogen and oxygen atoms in total. The fourth-order valence-electron chi connectivity index (χ4n) is 1.22. The summed E-state index contributed by atoms with van der Waals surface area (Å²) in [5.41, 5.74) is 0.547. The number of carbonyl (C=O) groups excluding carboxylic acids is 1. The number of nitrogens with one attached hydrogen (secondary N) is 1. The topological polar surface area (TPSA) is 47.6 Å². The smallest absolute Gasteiger partial charge is 0.338 e. The minimum absolute atomic E-state index is 0.293. The number of methoxy groups -OCH3 is 1. The van der Waals surface area contributed by atoms with E-state index in [9.17, 15) is 4.79 Å². The Morgan fingerprint density at radius 1 is 1.31 bits per heavy atom. The van der Waals surface area contributed by atoms with E-state index in [2.05, 4.69) is 5.32 Å². The molecule has 0 spiro atoms. The standard InChI is InChI=1S/C12H17NO3/c1-13-8-3-9-16-12(14)10-4-6-11(15-2)7-5-10/h4-7,13H,3,8-9H2,1-2H3. The molecule has 0 amide bonds. The number of carbonyl (C=O) groups is 1. The SMILES string of the molecule is CNCCCOC(=O)c1ccc(OC)cc1. The van der Waals surface area contributed by atoms with Crippen molar-refractivity contribution in [1.82, 2.24) is 5.32 Å². The Balaban J connectivity index is 2.40. The minimum atomic E-state index is -0.293. The first-order valence-corrected chi connectivity index (χ1v) is 5.23. The van der Waals surface area contributed by atoms with Crippen molar-refractivity contribution < 1.29 is 14.3 Å². The molecule has 0 saturated carbocycles. The van der Waals surface area contributed by atoms with Gasteiger partial charge in [0.25, 0.3) is 0 Å². The Hall–Kier alpha value is -1.55. The second-order valence-electron chi connectivity index (χ2n) is 3.32. The molecule has 0 aliphatic heterocycles. The number of rotatable bonds is 6. The number of esters is 1. The van der Waals surface area contributed by atoms with Crippen molar-refractivity contribution in [3.63, 3.8) is 0 Å². The number of hydrogen-bond donors (Lipinski definition) is 1. The highest BCUT2D eigenvalue weighted by Crippen LogP contribution is 2.11. The van der Waals surface area contributed by atoms with Crippen molar-refractivity contribution in [3.05, 3.63) is 29.8 Å². The van der Waals surface area contributed by atoms with E-state index in [1.54, 1.807) is 31.4 Å². The van der Waals surface area contributed by atoms with Crippen LogP contribution in [0.5, 0.6) is 5.75 Å². The average Bonchev–Trinajstić information content (AvgIpc) is 2.34. The van der Waals surface area contributed by atoms with Gasteiger partial charge < -0.3 is 14.8 Å². The first kappa shape index (κ1) is 12.5.